The Morgan fingerprint density at radius 2 is 1.66 bits per heavy atom. The number of rotatable bonds is 5. The van der Waals surface area contributed by atoms with Gasteiger partial charge in [-0.3, -0.25) is 9.69 Å². The molecule has 0 aliphatic carbocycles. The van der Waals surface area contributed by atoms with Gasteiger partial charge in [-0.25, -0.2) is 9.37 Å². The Labute approximate surface area is 169 Å². The highest BCUT2D eigenvalue weighted by Gasteiger charge is 2.17. The summed E-state index contributed by atoms with van der Waals surface area (Å²) in [4.78, 5) is 21.4. The summed E-state index contributed by atoms with van der Waals surface area (Å²) in [5.41, 5.74) is 2.36. The first kappa shape index (κ1) is 19.1. The molecule has 1 N–H and O–H groups in total. The highest BCUT2D eigenvalue weighted by Crippen LogP contribution is 2.16. The Balaban J connectivity index is 1.28. The van der Waals surface area contributed by atoms with Crippen LogP contribution in [0, 0.1) is 5.82 Å². The van der Waals surface area contributed by atoms with E-state index in [0.717, 1.165) is 44.2 Å². The summed E-state index contributed by atoms with van der Waals surface area (Å²) in [6, 6.07) is 19.4. The van der Waals surface area contributed by atoms with Crippen LogP contribution in [-0.2, 0) is 6.54 Å². The molecule has 1 amide bonds. The quantitative estimate of drug-likeness (QED) is 0.720. The lowest BCUT2D eigenvalue weighted by atomic mass is 10.1. The Bertz CT molecular complexity index is 937. The van der Waals surface area contributed by atoms with Crippen LogP contribution < -0.4 is 10.2 Å². The normalized spacial score (nSPS) is 14.6. The standard InChI is InChI=1S/C23H23FN4O/c24-20-8-6-19(7-9-20)23(29)26-21-10-4-18(5-11-21)17-27-13-15-28(16-14-27)22-3-1-2-12-25-22/h1-12H,13-17H2,(H,26,29). The molecule has 148 valence electrons. The molecule has 3 aromatic rings. The van der Waals surface area contributed by atoms with E-state index in [4.69, 9.17) is 0 Å². The summed E-state index contributed by atoms with van der Waals surface area (Å²) in [6.45, 7) is 4.77. The van der Waals surface area contributed by atoms with Gasteiger partial charge in [0.15, 0.2) is 0 Å². The van der Waals surface area contributed by atoms with Gasteiger partial charge >= 0.3 is 0 Å². The SMILES string of the molecule is O=C(Nc1ccc(CN2CCN(c3ccccn3)CC2)cc1)c1ccc(F)cc1. The molecule has 1 fully saturated rings. The van der Waals surface area contributed by atoms with Crippen molar-refractivity contribution in [3.8, 4) is 0 Å². The fourth-order valence-electron chi connectivity index (χ4n) is 3.43. The van der Waals surface area contributed by atoms with Gasteiger partial charge in [0.25, 0.3) is 5.91 Å². The lowest BCUT2D eigenvalue weighted by Gasteiger charge is -2.35. The molecule has 2 aromatic carbocycles. The van der Waals surface area contributed by atoms with E-state index in [9.17, 15) is 9.18 Å². The molecule has 1 aliphatic heterocycles. The summed E-state index contributed by atoms with van der Waals surface area (Å²) < 4.78 is 13.0. The van der Waals surface area contributed by atoms with Gasteiger partial charge in [0, 0.05) is 50.2 Å². The molecular weight excluding hydrogens is 367 g/mol. The molecule has 1 aromatic heterocycles. The van der Waals surface area contributed by atoms with E-state index in [0.29, 0.717) is 5.56 Å². The molecule has 1 aliphatic rings. The van der Waals surface area contributed by atoms with Crippen molar-refractivity contribution in [2.24, 2.45) is 0 Å². The molecule has 4 rings (SSSR count). The minimum Gasteiger partial charge on any atom is -0.354 e. The van der Waals surface area contributed by atoms with Crippen molar-refractivity contribution in [2.75, 3.05) is 36.4 Å². The second-order valence-electron chi connectivity index (χ2n) is 7.11. The summed E-state index contributed by atoms with van der Waals surface area (Å²) >= 11 is 0. The third kappa shape index (κ3) is 4.97. The molecule has 0 atom stereocenters. The van der Waals surface area contributed by atoms with E-state index < -0.39 is 0 Å². The molecule has 0 spiro atoms. The molecule has 29 heavy (non-hydrogen) atoms. The number of amides is 1. The van der Waals surface area contributed by atoms with Crippen LogP contribution in [0.1, 0.15) is 15.9 Å². The van der Waals surface area contributed by atoms with Crippen molar-refractivity contribution < 1.29 is 9.18 Å². The van der Waals surface area contributed by atoms with Crippen molar-refractivity contribution >= 4 is 17.4 Å². The Morgan fingerprint density at radius 1 is 0.931 bits per heavy atom. The second kappa shape index (κ2) is 8.84. The van der Waals surface area contributed by atoms with E-state index in [1.807, 2.05) is 42.6 Å². The number of carbonyl (C=O) groups is 1. The minimum absolute atomic E-state index is 0.247. The van der Waals surface area contributed by atoms with Crippen molar-refractivity contribution in [1.82, 2.24) is 9.88 Å². The number of anilines is 2. The number of benzene rings is 2. The zero-order valence-corrected chi connectivity index (χ0v) is 16.1. The van der Waals surface area contributed by atoms with Crippen LogP contribution in [-0.4, -0.2) is 42.0 Å². The number of nitrogens with one attached hydrogen (secondary N) is 1. The molecule has 1 saturated heterocycles. The minimum atomic E-state index is -0.355. The third-order valence-electron chi connectivity index (χ3n) is 5.07. The fraction of sp³-hybridized carbons (Fsp3) is 0.217. The van der Waals surface area contributed by atoms with Crippen LogP contribution in [0.2, 0.25) is 0 Å². The van der Waals surface area contributed by atoms with Crippen LogP contribution in [0.25, 0.3) is 0 Å². The van der Waals surface area contributed by atoms with Crippen LogP contribution in [0.5, 0.6) is 0 Å². The Morgan fingerprint density at radius 3 is 2.31 bits per heavy atom. The van der Waals surface area contributed by atoms with Crippen LogP contribution in [0.15, 0.2) is 72.9 Å². The van der Waals surface area contributed by atoms with Gasteiger partial charge < -0.3 is 10.2 Å². The zero-order chi connectivity index (χ0) is 20.1. The van der Waals surface area contributed by atoms with Gasteiger partial charge in [-0.2, -0.15) is 0 Å². The first-order valence-electron chi connectivity index (χ1n) is 9.71. The maximum absolute atomic E-state index is 13.0. The van der Waals surface area contributed by atoms with Gasteiger partial charge in [-0.05, 0) is 54.1 Å². The fourth-order valence-corrected chi connectivity index (χ4v) is 3.43. The topological polar surface area (TPSA) is 48.5 Å². The number of halogens is 1. The molecule has 0 bridgehead atoms. The van der Waals surface area contributed by atoms with E-state index >= 15 is 0 Å². The first-order chi connectivity index (χ1) is 14.2. The largest absolute Gasteiger partial charge is 0.354 e. The highest BCUT2D eigenvalue weighted by atomic mass is 19.1. The van der Waals surface area contributed by atoms with Crippen molar-refractivity contribution in [1.29, 1.82) is 0 Å². The predicted molar refractivity (Wildman–Crippen MR) is 113 cm³/mol. The molecule has 2 heterocycles. The Kier molecular flexibility index (Phi) is 5.81. The lowest BCUT2D eigenvalue weighted by Crippen LogP contribution is -2.46. The monoisotopic (exact) mass is 390 g/mol. The van der Waals surface area contributed by atoms with Crippen LogP contribution in [0.3, 0.4) is 0 Å². The summed E-state index contributed by atoms with van der Waals surface area (Å²) in [5.74, 6) is 0.434. The average molecular weight is 390 g/mol. The van der Waals surface area contributed by atoms with Gasteiger partial charge in [-0.15, -0.1) is 0 Å². The summed E-state index contributed by atoms with van der Waals surface area (Å²) in [5, 5.41) is 2.84. The molecule has 5 nitrogen and oxygen atoms in total. The van der Waals surface area contributed by atoms with Crippen molar-refractivity contribution in [2.45, 2.75) is 6.54 Å². The maximum atomic E-state index is 13.0. The molecule has 0 unspecified atom stereocenters. The highest BCUT2D eigenvalue weighted by molar-refractivity contribution is 6.04. The first-order valence-corrected chi connectivity index (χ1v) is 9.71. The number of carbonyl (C=O) groups excluding carboxylic acids is 1. The summed E-state index contributed by atoms with van der Waals surface area (Å²) in [6.07, 6.45) is 1.83. The number of hydrogen-bond donors (Lipinski definition) is 1. The molecule has 6 heteroatoms. The van der Waals surface area contributed by atoms with Crippen molar-refractivity contribution in [3.05, 3.63) is 89.9 Å². The second-order valence-corrected chi connectivity index (χ2v) is 7.11. The van der Waals surface area contributed by atoms with Gasteiger partial charge in [0.1, 0.15) is 11.6 Å². The summed E-state index contributed by atoms with van der Waals surface area (Å²) in [7, 11) is 0. The lowest BCUT2D eigenvalue weighted by molar-refractivity contribution is 0.102. The van der Waals surface area contributed by atoms with Gasteiger partial charge in [0.2, 0.25) is 0 Å². The number of nitrogens with zero attached hydrogens (tertiary/aromatic N) is 3. The average Bonchev–Trinajstić information content (AvgIpc) is 2.77. The van der Waals surface area contributed by atoms with Crippen LogP contribution in [0.4, 0.5) is 15.9 Å². The molecule has 0 saturated carbocycles. The molecular formula is C23H23FN4O. The van der Waals surface area contributed by atoms with E-state index in [1.165, 1.54) is 29.8 Å². The zero-order valence-electron chi connectivity index (χ0n) is 16.1. The van der Waals surface area contributed by atoms with E-state index in [2.05, 4.69) is 26.2 Å². The smallest absolute Gasteiger partial charge is 0.255 e. The number of aromatic nitrogens is 1. The Hall–Kier alpha value is -3.25. The van der Waals surface area contributed by atoms with E-state index in [-0.39, 0.29) is 11.7 Å². The van der Waals surface area contributed by atoms with Crippen molar-refractivity contribution in [3.63, 3.8) is 0 Å². The predicted octanol–water partition coefficient (Wildman–Crippen LogP) is 3.80. The third-order valence-corrected chi connectivity index (χ3v) is 5.07. The van der Waals surface area contributed by atoms with Crippen LogP contribution >= 0.6 is 0 Å². The maximum Gasteiger partial charge on any atom is 0.255 e. The van der Waals surface area contributed by atoms with E-state index in [1.54, 1.807) is 0 Å². The number of hydrogen-bond acceptors (Lipinski definition) is 4. The van der Waals surface area contributed by atoms with Gasteiger partial charge in [0.05, 0.1) is 0 Å². The van der Waals surface area contributed by atoms with Gasteiger partial charge in [-0.1, -0.05) is 18.2 Å². The number of piperazine rings is 1. The number of pyridine rings is 1. The molecule has 0 radical (unpaired) electrons.